The average molecular weight is 513 g/mol. The largest absolute Gasteiger partial charge is 0.508 e. The number of ether oxygens (including phenoxy) is 2. The number of fused-ring (bicyclic) bond motifs is 2. The molecule has 4 aromatic carbocycles. The maximum absolute atomic E-state index is 12.1. The number of phenols is 4. The summed E-state index contributed by atoms with van der Waals surface area (Å²) in [5.41, 5.74) is 2.35. The lowest BCUT2D eigenvalue weighted by Crippen LogP contribution is -2.20. The molecule has 0 spiro atoms. The van der Waals surface area contributed by atoms with Crippen LogP contribution in [0.25, 0.3) is 0 Å². The zero-order valence-electron chi connectivity index (χ0n) is 20.1. The maximum Gasteiger partial charge on any atom is 0.174 e. The van der Waals surface area contributed by atoms with Gasteiger partial charge in [0.15, 0.2) is 11.6 Å². The Bertz CT molecular complexity index is 1500. The van der Waals surface area contributed by atoms with Crippen LogP contribution in [0.2, 0.25) is 0 Å². The fourth-order valence-corrected chi connectivity index (χ4v) is 4.47. The molecule has 38 heavy (non-hydrogen) atoms. The van der Waals surface area contributed by atoms with Gasteiger partial charge in [0.05, 0.1) is 18.4 Å². The first-order valence-electron chi connectivity index (χ1n) is 11.9. The molecule has 6 rings (SSSR count). The summed E-state index contributed by atoms with van der Waals surface area (Å²) >= 11 is 0. The van der Waals surface area contributed by atoms with E-state index < -0.39 is 0 Å². The lowest BCUT2D eigenvalue weighted by atomic mass is 9.95. The molecule has 2 heterocycles. The van der Waals surface area contributed by atoms with Gasteiger partial charge in [-0.05, 0) is 35.4 Å². The second-order valence-electron chi connectivity index (χ2n) is 8.99. The molecule has 0 saturated carbocycles. The fourth-order valence-electron chi connectivity index (χ4n) is 4.47. The lowest BCUT2D eigenvalue weighted by molar-refractivity contribution is 0.0837. The van der Waals surface area contributed by atoms with Crippen LogP contribution in [0, 0.1) is 0 Å². The van der Waals surface area contributed by atoms with E-state index in [-0.39, 0.29) is 70.9 Å². The Kier molecular flexibility index (Phi) is 6.62. The van der Waals surface area contributed by atoms with E-state index in [2.05, 4.69) is 0 Å². The molecule has 8 nitrogen and oxygen atoms in total. The van der Waals surface area contributed by atoms with Gasteiger partial charge in [-0.3, -0.25) is 9.59 Å². The van der Waals surface area contributed by atoms with Crippen LogP contribution in [0.3, 0.4) is 0 Å². The molecule has 2 atom stereocenters. The SMILES string of the molecule is O=C1CC(c2ccccc2)Oc2cc(O)cc(O)c21.O=C1C[C@@H](c2ccc(O)cc2)Oc2cc(O)ccc21. The van der Waals surface area contributed by atoms with Crippen LogP contribution in [0.4, 0.5) is 0 Å². The van der Waals surface area contributed by atoms with Gasteiger partial charge in [-0.1, -0.05) is 42.5 Å². The summed E-state index contributed by atoms with van der Waals surface area (Å²) in [6.45, 7) is 0. The predicted molar refractivity (Wildman–Crippen MR) is 137 cm³/mol. The molecule has 8 heteroatoms. The molecule has 0 aliphatic carbocycles. The molecule has 4 N–H and O–H groups in total. The second-order valence-corrected chi connectivity index (χ2v) is 8.99. The third-order valence-electron chi connectivity index (χ3n) is 6.33. The van der Waals surface area contributed by atoms with Crippen molar-refractivity contribution in [3.05, 3.63) is 107 Å². The Morgan fingerprint density at radius 2 is 1.16 bits per heavy atom. The number of Topliss-reactive ketones (excluding diaryl/α,β-unsaturated/α-hetero) is 2. The van der Waals surface area contributed by atoms with E-state index >= 15 is 0 Å². The molecule has 0 saturated heterocycles. The summed E-state index contributed by atoms with van der Waals surface area (Å²) in [4.78, 5) is 24.1. The molecule has 192 valence electrons. The van der Waals surface area contributed by atoms with Gasteiger partial charge in [0.1, 0.15) is 52.3 Å². The number of hydrogen-bond donors (Lipinski definition) is 4. The third kappa shape index (κ3) is 5.10. The third-order valence-corrected chi connectivity index (χ3v) is 6.33. The monoisotopic (exact) mass is 512 g/mol. The maximum atomic E-state index is 12.1. The molecule has 0 radical (unpaired) electrons. The standard InChI is InChI=1S/2C15H12O4/c16-10-3-1-9(2-4-10)14-8-13(18)12-6-5-11(17)7-15(12)19-14;16-10-6-11(17)15-12(18)8-13(19-14(15)7-10)9-4-2-1-3-5-9/h1-7,14,16-17H,8H2;1-7,13,16-17H,8H2/t14-;/m0./s1. The normalized spacial score (nSPS) is 17.7. The van der Waals surface area contributed by atoms with Gasteiger partial charge in [-0.15, -0.1) is 0 Å². The highest BCUT2D eigenvalue weighted by Crippen LogP contribution is 2.41. The summed E-state index contributed by atoms with van der Waals surface area (Å²) < 4.78 is 11.5. The van der Waals surface area contributed by atoms with Crippen LogP contribution >= 0.6 is 0 Å². The summed E-state index contributed by atoms with van der Waals surface area (Å²) in [6, 6.07) is 22.9. The lowest BCUT2D eigenvalue weighted by Gasteiger charge is -2.26. The first-order chi connectivity index (χ1) is 18.3. The van der Waals surface area contributed by atoms with E-state index in [4.69, 9.17) is 9.47 Å². The van der Waals surface area contributed by atoms with Crippen molar-refractivity contribution in [1.82, 2.24) is 0 Å². The van der Waals surface area contributed by atoms with Crippen LogP contribution in [0.1, 0.15) is 56.9 Å². The zero-order chi connectivity index (χ0) is 26.8. The predicted octanol–water partition coefficient (Wildman–Crippen LogP) is 5.61. The van der Waals surface area contributed by atoms with Crippen LogP contribution in [0.5, 0.6) is 34.5 Å². The quantitative estimate of drug-likeness (QED) is 0.272. The summed E-state index contributed by atoms with van der Waals surface area (Å²) in [5, 5.41) is 37.9. The van der Waals surface area contributed by atoms with Gasteiger partial charge >= 0.3 is 0 Å². The van der Waals surface area contributed by atoms with E-state index in [1.54, 1.807) is 30.3 Å². The zero-order valence-corrected chi connectivity index (χ0v) is 20.1. The van der Waals surface area contributed by atoms with Gasteiger partial charge in [-0.25, -0.2) is 0 Å². The Labute approximate surface area is 218 Å². The number of phenolic OH excluding ortho intramolecular Hbond substituents is 4. The number of carbonyl (C=O) groups is 2. The Morgan fingerprint density at radius 1 is 0.579 bits per heavy atom. The highest BCUT2D eigenvalue weighted by Gasteiger charge is 2.31. The van der Waals surface area contributed by atoms with E-state index in [9.17, 15) is 30.0 Å². The highest BCUT2D eigenvalue weighted by atomic mass is 16.5. The number of rotatable bonds is 2. The van der Waals surface area contributed by atoms with Crippen LogP contribution < -0.4 is 9.47 Å². The van der Waals surface area contributed by atoms with Crippen molar-refractivity contribution in [3.63, 3.8) is 0 Å². The summed E-state index contributed by atoms with van der Waals surface area (Å²) in [5.74, 6) is 0.287. The molecular weight excluding hydrogens is 488 g/mol. The van der Waals surface area contributed by atoms with Gasteiger partial charge in [0.25, 0.3) is 0 Å². The van der Waals surface area contributed by atoms with E-state index in [0.29, 0.717) is 11.3 Å². The Hall–Kier alpha value is -4.98. The molecule has 0 bridgehead atoms. The van der Waals surface area contributed by atoms with Crippen LogP contribution in [-0.2, 0) is 0 Å². The Balaban J connectivity index is 0.000000155. The number of hydrogen-bond acceptors (Lipinski definition) is 8. The highest BCUT2D eigenvalue weighted by molar-refractivity contribution is 6.02. The average Bonchev–Trinajstić information content (AvgIpc) is 2.89. The van der Waals surface area contributed by atoms with Crippen LogP contribution in [0.15, 0.2) is 84.9 Å². The number of benzene rings is 4. The van der Waals surface area contributed by atoms with Crippen molar-refractivity contribution in [2.45, 2.75) is 25.0 Å². The summed E-state index contributed by atoms with van der Waals surface area (Å²) in [7, 11) is 0. The molecule has 0 fully saturated rings. The van der Waals surface area contributed by atoms with E-state index in [1.807, 2.05) is 30.3 Å². The van der Waals surface area contributed by atoms with Crippen LogP contribution in [-0.4, -0.2) is 32.0 Å². The number of carbonyl (C=O) groups excluding carboxylic acids is 2. The van der Waals surface area contributed by atoms with Gasteiger partial charge < -0.3 is 29.9 Å². The van der Waals surface area contributed by atoms with Crippen molar-refractivity contribution < 1.29 is 39.5 Å². The van der Waals surface area contributed by atoms with Crippen molar-refractivity contribution in [2.24, 2.45) is 0 Å². The van der Waals surface area contributed by atoms with Crippen molar-refractivity contribution >= 4 is 11.6 Å². The van der Waals surface area contributed by atoms with Crippen molar-refractivity contribution in [1.29, 1.82) is 0 Å². The van der Waals surface area contributed by atoms with Gasteiger partial charge in [0.2, 0.25) is 0 Å². The molecule has 0 aromatic heterocycles. The first-order valence-corrected chi connectivity index (χ1v) is 11.9. The molecule has 2 aliphatic rings. The molecule has 0 amide bonds. The Morgan fingerprint density at radius 3 is 1.87 bits per heavy atom. The minimum Gasteiger partial charge on any atom is -0.508 e. The van der Waals surface area contributed by atoms with E-state index in [0.717, 1.165) is 17.2 Å². The van der Waals surface area contributed by atoms with Crippen molar-refractivity contribution in [3.8, 4) is 34.5 Å². The topological polar surface area (TPSA) is 134 Å². The smallest absolute Gasteiger partial charge is 0.174 e. The number of ketones is 2. The molecule has 2 aliphatic heterocycles. The molecular formula is C30H24O8. The van der Waals surface area contributed by atoms with E-state index in [1.165, 1.54) is 18.2 Å². The van der Waals surface area contributed by atoms with Gasteiger partial charge in [0, 0.05) is 18.2 Å². The second kappa shape index (κ2) is 10.2. The molecule has 1 unspecified atom stereocenters. The molecule has 4 aromatic rings. The number of aromatic hydroxyl groups is 4. The fraction of sp³-hybridized carbons (Fsp3) is 0.133. The minimum absolute atomic E-state index is 0.0145. The van der Waals surface area contributed by atoms with Gasteiger partial charge in [-0.2, -0.15) is 0 Å². The van der Waals surface area contributed by atoms with Crippen molar-refractivity contribution in [2.75, 3.05) is 0 Å². The summed E-state index contributed by atoms with van der Waals surface area (Å²) in [6.07, 6.45) is -0.345. The minimum atomic E-state index is -0.387. The first kappa shape index (κ1) is 24.7.